The van der Waals surface area contributed by atoms with E-state index < -0.39 is 0 Å². The monoisotopic (exact) mass is 188 g/mol. The van der Waals surface area contributed by atoms with Crippen molar-refractivity contribution in [2.75, 3.05) is 12.0 Å². The van der Waals surface area contributed by atoms with Gasteiger partial charge < -0.3 is 5.11 Å². The lowest BCUT2D eigenvalue weighted by Gasteiger charge is -2.07. The minimum atomic E-state index is 0.0271. The van der Waals surface area contributed by atoms with Crippen LogP contribution in [-0.2, 0) is 0 Å². The van der Waals surface area contributed by atoms with E-state index in [-0.39, 0.29) is 6.10 Å². The standard InChI is InChI=1S/C10H20OS/c1-12-8-4-2-3-5-10(11)9-6-7-9/h9-11H,2-8H2,1H3. The van der Waals surface area contributed by atoms with Gasteiger partial charge in [-0.1, -0.05) is 12.8 Å². The second-order valence-corrected chi connectivity index (χ2v) is 4.73. The smallest absolute Gasteiger partial charge is 0.0568 e. The molecule has 0 saturated heterocycles. The molecule has 0 bridgehead atoms. The van der Waals surface area contributed by atoms with Crippen molar-refractivity contribution in [3.05, 3.63) is 0 Å². The summed E-state index contributed by atoms with van der Waals surface area (Å²) in [6, 6.07) is 0. The number of unbranched alkanes of at least 4 members (excludes halogenated alkanes) is 2. The van der Waals surface area contributed by atoms with E-state index in [0.29, 0.717) is 5.92 Å². The summed E-state index contributed by atoms with van der Waals surface area (Å²) in [4.78, 5) is 0. The molecule has 0 spiro atoms. The third-order valence-electron chi connectivity index (χ3n) is 2.51. The van der Waals surface area contributed by atoms with Gasteiger partial charge in [-0.2, -0.15) is 11.8 Å². The van der Waals surface area contributed by atoms with Gasteiger partial charge in [0.15, 0.2) is 0 Å². The maximum Gasteiger partial charge on any atom is 0.0568 e. The molecule has 1 aliphatic rings. The Hall–Kier alpha value is 0.310. The first kappa shape index (κ1) is 10.4. The number of hydrogen-bond donors (Lipinski definition) is 1. The van der Waals surface area contributed by atoms with Crippen LogP contribution < -0.4 is 0 Å². The van der Waals surface area contributed by atoms with E-state index >= 15 is 0 Å². The van der Waals surface area contributed by atoms with Crippen LogP contribution in [-0.4, -0.2) is 23.2 Å². The summed E-state index contributed by atoms with van der Waals surface area (Å²) in [6.45, 7) is 0. The Bertz CT molecular complexity index is 112. The second-order valence-electron chi connectivity index (χ2n) is 3.75. The lowest BCUT2D eigenvalue weighted by Crippen LogP contribution is -2.08. The molecule has 0 amide bonds. The molecule has 0 aromatic rings. The number of rotatable bonds is 7. The second kappa shape index (κ2) is 5.87. The van der Waals surface area contributed by atoms with Crippen molar-refractivity contribution in [2.45, 2.75) is 44.6 Å². The number of thioether (sulfide) groups is 1. The van der Waals surface area contributed by atoms with Crippen LogP contribution in [0, 0.1) is 5.92 Å². The molecule has 1 nitrogen and oxygen atoms in total. The summed E-state index contributed by atoms with van der Waals surface area (Å²) in [5.74, 6) is 1.95. The van der Waals surface area contributed by atoms with Gasteiger partial charge in [0.05, 0.1) is 6.10 Å². The van der Waals surface area contributed by atoms with Crippen molar-refractivity contribution < 1.29 is 5.11 Å². The van der Waals surface area contributed by atoms with E-state index in [1.807, 2.05) is 11.8 Å². The predicted molar refractivity (Wildman–Crippen MR) is 55.6 cm³/mol. The van der Waals surface area contributed by atoms with Gasteiger partial charge in [-0.05, 0) is 43.6 Å². The Morgan fingerprint density at radius 3 is 2.67 bits per heavy atom. The highest BCUT2D eigenvalue weighted by Gasteiger charge is 2.28. The van der Waals surface area contributed by atoms with Crippen LogP contribution in [0.25, 0.3) is 0 Å². The fourth-order valence-electron chi connectivity index (χ4n) is 1.49. The van der Waals surface area contributed by atoms with Gasteiger partial charge in [0.2, 0.25) is 0 Å². The molecular weight excluding hydrogens is 168 g/mol. The van der Waals surface area contributed by atoms with Crippen LogP contribution in [0.15, 0.2) is 0 Å². The fourth-order valence-corrected chi connectivity index (χ4v) is 1.99. The molecule has 0 aliphatic heterocycles. The van der Waals surface area contributed by atoms with Gasteiger partial charge in [-0.3, -0.25) is 0 Å². The Kier molecular flexibility index (Phi) is 5.08. The molecule has 12 heavy (non-hydrogen) atoms. The highest BCUT2D eigenvalue weighted by molar-refractivity contribution is 7.98. The van der Waals surface area contributed by atoms with E-state index in [0.717, 1.165) is 6.42 Å². The molecular formula is C10H20OS. The van der Waals surface area contributed by atoms with E-state index in [1.54, 1.807) is 0 Å². The Morgan fingerprint density at radius 1 is 1.33 bits per heavy atom. The van der Waals surface area contributed by atoms with Gasteiger partial charge >= 0.3 is 0 Å². The predicted octanol–water partition coefficient (Wildman–Crippen LogP) is 2.68. The van der Waals surface area contributed by atoms with Gasteiger partial charge in [-0.25, -0.2) is 0 Å². The zero-order valence-corrected chi connectivity index (χ0v) is 8.78. The maximum absolute atomic E-state index is 9.54. The Labute approximate surface area is 79.9 Å². The Balaban J connectivity index is 1.81. The van der Waals surface area contributed by atoms with Crippen molar-refractivity contribution in [1.29, 1.82) is 0 Å². The van der Waals surface area contributed by atoms with E-state index in [1.165, 1.54) is 37.9 Å². The molecule has 1 atom stereocenters. The summed E-state index contributed by atoms with van der Waals surface area (Å²) < 4.78 is 0. The van der Waals surface area contributed by atoms with Crippen molar-refractivity contribution in [2.24, 2.45) is 5.92 Å². The zero-order valence-electron chi connectivity index (χ0n) is 7.96. The normalized spacial score (nSPS) is 19.5. The third kappa shape index (κ3) is 4.36. The van der Waals surface area contributed by atoms with Crippen LogP contribution in [0.2, 0.25) is 0 Å². The summed E-state index contributed by atoms with van der Waals surface area (Å²) in [5.41, 5.74) is 0. The van der Waals surface area contributed by atoms with Crippen molar-refractivity contribution in [1.82, 2.24) is 0 Å². The summed E-state index contributed by atoms with van der Waals surface area (Å²) in [7, 11) is 0. The van der Waals surface area contributed by atoms with Crippen LogP contribution in [0.5, 0.6) is 0 Å². The SMILES string of the molecule is CSCCCCCC(O)C1CC1. The molecule has 1 N–H and O–H groups in total. The number of aliphatic hydroxyl groups excluding tert-OH is 1. The number of aliphatic hydroxyl groups is 1. The molecule has 0 aromatic heterocycles. The van der Waals surface area contributed by atoms with E-state index in [4.69, 9.17) is 0 Å². The van der Waals surface area contributed by atoms with Crippen molar-refractivity contribution in [3.63, 3.8) is 0 Å². The van der Waals surface area contributed by atoms with Gasteiger partial charge in [0.1, 0.15) is 0 Å². The van der Waals surface area contributed by atoms with Crippen LogP contribution >= 0.6 is 11.8 Å². The summed E-state index contributed by atoms with van der Waals surface area (Å²) >= 11 is 1.92. The first-order valence-corrected chi connectivity index (χ1v) is 6.41. The molecule has 0 radical (unpaired) electrons. The molecule has 1 unspecified atom stereocenters. The van der Waals surface area contributed by atoms with Gasteiger partial charge in [0.25, 0.3) is 0 Å². The van der Waals surface area contributed by atoms with Crippen molar-refractivity contribution in [3.8, 4) is 0 Å². The molecule has 1 saturated carbocycles. The van der Waals surface area contributed by atoms with E-state index in [9.17, 15) is 5.11 Å². The molecule has 1 rings (SSSR count). The largest absolute Gasteiger partial charge is 0.393 e. The van der Waals surface area contributed by atoms with Crippen LogP contribution in [0.3, 0.4) is 0 Å². The molecule has 1 aliphatic carbocycles. The molecule has 2 heteroatoms. The average Bonchev–Trinajstić information content (AvgIpc) is 2.86. The van der Waals surface area contributed by atoms with Crippen LogP contribution in [0.4, 0.5) is 0 Å². The fraction of sp³-hybridized carbons (Fsp3) is 1.00. The highest BCUT2D eigenvalue weighted by atomic mass is 32.2. The molecule has 1 fully saturated rings. The average molecular weight is 188 g/mol. The quantitative estimate of drug-likeness (QED) is 0.620. The first-order chi connectivity index (χ1) is 5.84. The van der Waals surface area contributed by atoms with Crippen molar-refractivity contribution >= 4 is 11.8 Å². The zero-order chi connectivity index (χ0) is 8.81. The summed E-state index contributed by atoms with van der Waals surface area (Å²) in [6.07, 6.45) is 9.59. The third-order valence-corrected chi connectivity index (χ3v) is 3.21. The Morgan fingerprint density at radius 2 is 2.08 bits per heavy atom. The molecule has 72 valence electrons. The topological polar surface area (TPSA) is 20.2 Å². The lowest BCUT2D eigenvalue weighted by molar-refractivity contribution is 0.138. The van der Waals surface area contributed by atoms with Gasteiger partial charge in [-0.15, -0.1) is 0 Å². The first-order valence-electron chi connectivity index (χ1n) is 5.01. The molecule has 0 aromatic carbocycles. The lowest BCUT2D eigenvalue weighted by atomic mass is 10.1. The summed E-state index contributed by atoms with van der Waals surface area (Å²) in [5, 5.41) is 9.54. The number of hydrogen-bond acceptors (Lipinski definition) is 2. The highest BCUT2D eigenvalue weighted by Crippen LogP contribution is 2.34. The minimum absolute atomic E-state index is 0.0271. The maximum atomic E-state index is 9.54. The van der Waals surface area contributed by atoms with Gasteiger partial charge in [0, 0.05) is 0 Å². The molecule has 0 heterocycles. The van der Waals surface area contributed by atoms with E-state index in [2.05, 4.69) is 6.26 Å². The van der Waals surface area contributed by atoms with Crippen LogP contribution in [0.1, 0.15) is 38.5 Å². The minimum Gasteiger partial charge on any atom is -0.393 e.